The van der Waals surface area contributed by atoms with Gasteiger partial charge in [0.05, 0.1) is 0 Å². The molecule has 0 aliphatic heterocycles. The monoisotopic (exact) mass is 222 g/mol. The van der Waals surface area contributed by atoms with Gasteiger partial charge in [0, 0.05) is 10.4 Å². The van der Waals surface area contributed by atoms with E-state index in [2.05, 4.69) is 54.1 Å². The van der Waals surface area contributed by atoms with Gasteiger partial charge in [0.2, 0.25) is 0 Å². The van der Waals surface area contributed by atoms with Crippen LogP contribution in [0.3, 0.4) is 0 Å². The van der Waals surface area contributed by atoms with Crippen molar-refractivity contribution in [3.8, 4) is 0 Å². The minimum atomic E-state index is 0.605. The molecule has 0 amide bonds. The van der Waals surface area contributed by atoms with Crippen molar-refractivity contribution in [1.29, 1.82) is 0 Å². The Labute approximate surface area is 81.4 Å². The average Bonchev–Trinajstić information content (AvgIpc) is 2.28. The molecule has 1 atom stereocenters. The molecule has 0 aromatic heterocycles. The van der Waals surface area contributed by atoms with Crippen molar-refractivity contribution in [2.24, 2.45) is 0 Å². The molecule has 1 aliphatic rings. The summed E-state index contributed by atoms with van der Waals surface area (Å²) < 4.78 is 1.17. The first-order chi connectivity index (χ1) is 5.68. The van der Waals surface area contributed by atoms with E-state index in [0.717, 1.165) is 0 Å². The fourth-order valence-corrected chi connectivity index (χ4v) is 2.06. The summed E-state index contributed by atoms with van der Waals surface area (Å²) in [5, 5.41) is 0. The summed E-state index contributed by atoms with van der Waals surface area (Å²) >= 11 is 3.48. The van der Waals surface area contributed by atoms with Gasteiger partial charge in [0.25, 0.3) is 0 Å². The summed E-state index contributed by atoms with van der Waals surface area (Å²) in [6, 6.07) is 6.50. The molecule has 62 valence electrons. The SMILES string of the molecule is CC1=Cc2cc(Br)ccc2C1C. The molecule has 0 heterocycles. The lowest BCUT2D eigenvalue weighted by molar-refractivity contribution is 0.921. The van der Waals surface area contributed by atoms with Gasteiger partial charge in [0.1, 0.15) is 0 Å². The highest BCUT2D eigenvalue weighted by atomic mass is 79.9. The Morgan fingerprint density at radius 2 is 2.08 bits per heavy atom. The molecule has 0 bridgehead atoms. The molecule has 1 unspecified atom stereocenters. The van der Waals surface area contributed by atoms with Crippen LogP contribution in [0.2, 0.25) is 0 Å². The van der Waals surface area contributed by atoms with Gasteiger partial charge in [-0.25, -0.2) is 0 Å². The van der Waals surface area contributed by atoms with Crippen LogP contribution in [0.1, 0.15) is 30.9 Å². The normalized spacial score (nSPS) is 20.6. The van der Waals surface area contributed by atoms with E-state index >= 15 is 0 Å². The Bertz CT molecular complexity index is 350. The van der Waals surface area contributed by atoms with Crippen molar-refractivity contribution in [2.75, 3.05) is 0 Å². The second-order valence-corrected chi connectivity index (χ2v) is 4.30. The third-order valence-electron chi connectivity index (χ3n) is 2.58. The van der Waals surface area contributed by atoms with Crippen LogP contribution in [0.5, 0.6) is 0 Å². The van der Waals surface area contributed by atoms with Crippen LogP contribution in [-0.2, 0) is 0 Å². The minimum Gasteiger partial charge on any atom is -0.0655 e. The Kier molecular flexibility index (Phi) is 1.84. The summed E-state index contributed by atoms with van der Waals surface area (Å²) in [5.41, 5.74) is 4.29. The van der Waals surface area contributed by atoms with Gasteiger partial charge in [-0.2, -0.15) is 0 Å². The van der Waals surface area contributed by atoms with Crippen molar-refractivity contribution < 1.29 is 0 Å². The van der Waals surface area contributed by atoms with Crippen LogP contribution < -0.4 is 0 Å². The zero-order valence-corrected chi connectivity index (χ0v) is 8.85. The van der Waals surface area contributed by atoms with Gasteiger partial charge >= 0.3 is 0 Å². The lowest BCUT2D eigenvalue weighted by Gasteiger charge is -2.06. The molecular weight excluding hydrogens is 212 g/mol. The predicted octanol–water partition coefficient (Wildman–Crippen LogP) is 3.97. The third kappa shape index (κ3) is 1.13. The van der Waals surface area contributed by atoms with E-state index in [9.17, 15) is 0 Å². The minimum absolute atomic E-state index is 0.605. The molecule has 2 rings (SSSR count). The van der Waals surface area contributed by atoms with Gasteiger partial charge < -0.3 is 0 Å². The summed E-state index contributed by atoms with van der Waals surface area (Å²) in [5.74, 6) is 0.605. The lowest BCUT2D eigenvalue weighted by Crippen LogP contribution is -1.89. The summed E-state index contributed by atoms with van der Waals surface area (Å²) in [6.45, 7) is 4.45. The highest BCUT2D eigenvalue weighted by Crippen LogP contribution is 2.36. The average molecular weight is 223 g/mol. The molecule has 0 spiro atoms. The quantitative estimate of drug-likeness (QED) is 0.624. The Morgan fingerprint density at radius 3 is 2.83 bits per heavy atom. The number of hydrogen-bond donors (Lipinski definition) is 0. The number of hydrogen-bond acceptors (Lipinski definition) is 0. The molecule has 0 N–H and O–H groups in total. The number of fused-ring (bicyclic) bond motifs is 1. The maximum Gasteiger partial charge on any atom is 0.0181 e. The molecule has 0 saturated heterocycles. The van der Waals surface area contributed by atoms with Crippen LogP contribution in [0.15, 0.2) is 28.2 Å². The maximum absolute atomic E-state index is 3.48. The molecule has 1 heteroatoms. The molecule has 0 fully saturated rings. The second-order valence-electron chi connectivity index (χ2n) is 3.38. The van der Waals surface area contributed by atoms with E-state index in [4.69, 9.17) is 0 Å². The van der Waals surface area contributed by atoms with Crippen LogP contribution in [0, 0.1) is 0 Å². The number of rotatable bonds is 0. The van der Waals surface area contributed by atoms with E-state index < -0.39 is 0 Å². The molecule has 1 aromatic carbocycles. The van der Waals surface area contributed by atoms with Crippen molar-refractivity contribution in [2.45, 2.75) is 19.8 Å². The molecule has 1 aromatic rings. The molecular formula is C11H11Br. The third-order valence-corrected chi connectivity index (χ3v) is 3.07. The zero-order chi connectivity index (χ0) is 8.72. The van der Waals surface area contributed by atoms with E-state index in [1.807, 2.05) is 0 Å². The molecule has 0 saturated carbocycles. The van der Waals surface area contributed by atoms with Crippen LogP contribution in [-0.4, -0.2) is 0 Å². The smallest absolute Gasteiger partial charge is 0.0181 e. The van der Waals surface area contributed by atoms with E-state index in [1.165, 1.54) is 21.2 Å². The first-order valence-electron chi connectivity index (χ1n) is 4.16. The van der Waals surface area contributed by atoms with Crippen molar-refractivity contribution in [3.63, 3.8) is 0 Å². The number of halogens is 1. The fourth-order valence-electron chi connectivity index (χ4n) is 1.68. The summed E-state index contributed by atoms with van der Waals surface area (Å²) in [6.07, 6.45) is 2.27. The van der Waals surface area contributed by atoms with Crippen molar-refractivity contribution in [1.82, 2.24) is 0 Å². The van der Waals surface area contributed by atoms with E-state index in [-0.39, 0.29) is 0 Å². The predicted molar refractivity (Wildman–Crippen MR) is 56.2 cm³/mol. The van der Waals surface area contributed by atoms with Crippen LogP contribution in [0.4, 0.5) is 0 Å². The summed E-state index contributed by atoms with van der Waals surface area (Å²) in [4.78, 5) is 0. The second kappa shape index (κ2) is 2.74. The van der Waals surface area contributed by atoms with Gasteiger partial charge in [-0.15, -0.1) is 0 Å². The molecule has 0 radical (unpaired) electrons. The first-order valence-corrected chi connectivity index (χ1v) is 4.95. The molecule has 12 heavy (non-hydrogen) atoms. The standard InChI is InChI=1S/C11H11Br/c1-7-5-9-6-10(12)3-4-11(9)8(7)2/h3-6,8H,1-2H3. The van der Waals surface area contributed by atoms with Crippen LogP contribution in [0.25, 0.3) is 6.08 Å². The molecule has 0 nitrogen and oxygen atoms in total. The highest BCUT2D eigenvalue weighted by molar-refractivity contribution is 9.10. The van der Waals surface area contributed by atoms with E-state index in [1.54, 1.807) is 0 Å². The van der Waals surface area contributed by atoms with Gasteiger partial charge in [-0.05, 0) is 30.2 Å². The summed E-state index contributed by atoms with van der Waals surface area (Å²) in [7, 11) is 0. The number of benzene rings is 1. The first kappa shape index (κ1) is 8.06. The Morgan fingerprint density at radius 1 is 1.33 bits per heavy atom. The van der Waals surface area contributed by atoms with Crippen molar-refractivity contribution >= 4 is 22.0 Å². The lowest BCUT2D eigenvalue weighted by atomic mass is 9.99. The topological polar surface area (TPSA) is 0 Å². The largest absolute Gasteiger partial charge is 0.0655 e. The van der Waals surface area contributed by atoms with Crippen LogP contribution >= 0.6 is 15.9 Å². The fraction of sp³-hybridized carbons (Fsp3) is 0.273. The Balaban J connectivity index is 2.57. The van der Waals surface area contributed by atoms with Gasteiger partial charge in [-0.3, -0.25) is 0 Å². The van der Waals surface area contributed by atoms with E-state index in [0.29, 0.717) is 5.92 Å². The van der Waals surface area contributed by atoms with Gasteiger partial charge in [0.15, 0.2) is 0 Å². The maximum atomic E-state index is 3.48. The zero-order valence-electron chi connectivity index (χ0n) is 7.26. The van der Waals surface area contributed by atoms with Gasteiger partial charge in [-0.1, -0.05) is 40.6 Å². The number of allylic oxidation sites excluding steroid dienone is 1. The highest BCUT2D eigenvalue weighted by Gasteiger charge is 2.17. The Hall–Kier alpha value is -0.560. The van der Waals surface area contributed by atoms with Crippen molar-refractivity contribution in [3.05, 3.63) is 39.4 Å². The molecule has 1 aliphatic carbocycles.